The van der Waals surface area contributed by atoms with Crippen LogP contribution in [0.2, 0.25) is 0 Å². The average molecular weight is 489 g/mol. The third-order valence-electron chi connectivity index (χ3n) is 4.75. The minimum atomic E-state index is -4.46. The Morgan fingerprint density at radius 3 is 2.68 bits per heavy atom. The van der Waals surface area contributed by atoms with Gasteiger partial charge >= 0.3 is 6.18 Å². The molecule has 0 atom stereocenters. The Balaban J connectivity index is 1.38. The number of thioether (sulfide) groups is 1. The van der Waals surface area contributed by atoms with Crippen molar-refractivity contribution < 1.29 is 18.0 Å². The van der Waals surface area contributed by atoms with Gasteiger partial charge in [-0.2, -0.15) is 18.3 Å². The lowest BCUT2D eigenvalue weighted by molar-refractivity contribution is -0.137. The number of hydrogen-bond acceptors (Lipinski definition) is 7. The fourth-order valence-electron chi connectivity index (χ4n) is 3.16. The molecule has 0 unspecified atom stereocenters. The number of rotatable bonds is 8. The first-order chi connectivity index (χ1) is 16.3. The summed E-state index contributed by atoms with van der Waals surface area (Å²) in [5.41, 5.74) is -0.549. The standard InChI is InChI=1S/C21H18F3N7O2S/c22-21(23,24)15-4-1-3-14(9-15)11-30-13-28-18-16(19(30)33)10-29-31(18)8-7-25-17(32)12-34-20-26-5-2-6-27-20/h1-6,9-10,13H,7-8,11-12H2,(H,25,32). The molecule has 1 amide bonds. The molecule has 3 heterocycles. The van der Waals surface area contributed by atoms with Crippen molar-refractivity contribution in [2.24, 2.45) is 0 Å². The lowest BCUT2D eigenvalue weighted by atomic mass is 10.1. The Morgan fingerprint density at radius 1 is 1.12 bits per heavy atom. The number of nitrogens with one attached hydrogen (secondary N) is 1. The van der Waals surface area contributed by atoms with Crippen molar-refractivity contribution in [1.29, 1.82) is 0 Å². The normalized spacial score (nSPS) is 11.6. The highest BCUT2D eigenvalue weighted by molar-refractivity contribution is 7.99. The quantitative estimate of drug-likeness (QED) is 0.299. The minimum absolute atomic E-state index is 0.0598. The first-order valence-corrected chi connectivity index (χ1v) is 11.0. The molecule has 3 aromatic heterocycles. The molecular weight excluding hydrogens is 471 g/mol. The van der Waals surface area contributed by atoms with E-state index < -0.39 is 17.3 Å². The largest absolute Gasteiger partial charge is 0.416 e. The number of carbonyl (C=O) groups is 1. The highest BCUT2D eigenvalue weighted by atomic mass is 32.2. The molecule has 0 aliphatic heterocycles. The van der Waals surface area contributed by atoms with Crippen LogP contribution in [0.15, 0.2) is 65.2 Å². The van der Waals surface area contributed by atoms with E-state index in [2.05, 4.69) is 25.4 Å². The van der Waals surface area contributed by atoms with Gasteiger partial charge in [-0.3, -0.25) is 14.2 Å². The predicted octanol–water partition coefficient (Wildman–Crippen LogP) is 2.36. The summed E-state index contributed by atoms with van der Waals surface area (Å²) in [5, 5.41) is 7.64. The van der Waals surface area contributed by atoms with Crippen LogP contribution in [0.5, 0.6) is 0 Å². The van der Waals surface area contributed by atoms with Gasteiger partial charge in [-0.1, -0.05) is 23.9 Å². The molecule has 0 bridgehead atoms. The second kappa shape index (κ2) is 10.0. The molecule has 0 spiro atoms. The summed E-state index contributed by atoms with van der Waals surface area (Å²) in [5.74, 6) is -0.0483. The van der Waals surface area contributed by atoms with E-state index in [-0.39, 0.29) is 36.7 Å². The van der Waals surface area contributed by atoms with Crippen LogP contribution >= 0.6 is 11.8 Å². The van der Waals surface area contributed by atoms with Gasteiger partial charge in [-0.15, -0.1) is 0 Å². The fourth-order valence-corrected chi connectivity index (χ4v) is 3.79. The molecule has 1 N–H and O–H groups in total. The molecule has 13 heteroatoms. The zero-order valence-electron chi connectivity index (χ0n) is 17.6. The summed E-state index contributed by atoms with van der Waals surface area (Å²) in [6.07, 6.45) is 1.36. The van der Waals surface area contributed by atoms with Crippen molar-refractivity contribution in [2.75, 3.05) is 12.3 Å². The van der Waals surface area contributed by atoms with E-state index in [1.54, 1.807) is 18.5 Å². The molecule has 0 radical (unpaired) electrons. The number of benzene rings is 1. The highest BCUT2D eigenvalue weighted by Gasteiger charge is 2.30. The Morgan fingerprint density at radius 2 is 1.91 bits per heavy atom. The molecule has 0 saturated carbocycles. The molecule has 1 aromatic carbocycles. The summed E-state index contributed by atoms with van der Waals surface area (Å²) in [7, 11) is 0. The second-order valence-corrected chi connectivity index (χ2v) is 8.09. The van der Waals surface area contributed by atoms with Gasteiger partial charge in [0.05, 0.1) is 30.6 Å². The van der Waals surface area contributed by atoms with E-state index in [0.29, 0.717) is 16.4 Å². The topological polar surface area (TPSA) is 108 Å². The van der Waals surface area contributed by atoms with Crippen molar-refractivity contribution in [3.8, 4) is 0 Å². The molecule has 9 nitrogen and oxygen atoms in total. The summed E-state index contributed by atoms with van der Waals surface area (Å²) in [4.78, 5) is 37.1. The van der Waals surface area contributed by atoms with Crippen LogP contribution in [0.25, 0.3) is 11.0 Å². The van der Waals surface area contributed by atoms with Gasteiger partial charge in [0, 0.05) is 18.9 Å². The average Bonchev–Trinajstić information content (AvgIpc) is 3.23. The predicted molar refractivity (Wildman–Crippen MR) is 118 cm³/mol. The van der Waals surface area contributed by atoms with Crippen LogP contribution in [0.1, 0.15) is 11.1 Å². The van der Waals surface area contributed by atoms with Crippen molar-refractivity contribution in [3.05, 3.63) is 76.7 Å². The lowest BCUT2D eigenvalue weighted by Crippen LogP contribution is -2.29. The fraction of sp³-hybridized carbons (Fsp3) is 0.238. The van der Waals surface area contributed by atoms with E-state index >= 15 is 0 Å². The molecule has 0 aliphatic carbocycles. The number of fused-ring (bicyclic) bond motifs is 1. The van der Waals surface area contributed by atoms with Gasteiger partial charge in [0.2, 0.25) is 5.91 Å². The highest BCUT2D eigenvalue weighted by Crippen LogP contribution is 2.29. The Kier molecular flexibility index (Phi) is 6.91. The van der Waals surface area contributed by atoms with Crippen LogP contribution in [-0.2, 0) is 24.1 Å². The van der Waals surface area contributed by atoms with E-state index in [1.807, 2.05) is 0 Å². The summed E-state index contributed by atoms with van der Waals surface area (Å²) in [6.45, 7) is 0.488. The van der Waals surface area contributed by atoms with Crippen molar-refractivity contribution >= 4 is 28.7 Å². The van der Waals surface area contributed by atoms with Crippen LogP contribution < -0.4 is 10.9 Å². The smallest absolute Gasteiger partial charge is 0.354 e. The van der Waals surface area contributed by atoms with E-state index in [4.69, 9.17) is 0 Å². The number of nitrogens with zero attached hydrogens (tertiary/aromatic N) is 6. The van der Waals surface area contributed by atoms with Crippen LogP contribution in [0.3, 0.4) is 0 Å². The molecule has 0 saturated heterocycles. The number of aromatic nitrogens is 6. The van der Waals surface area contributed by atoms with Gasteiger partial charge in [-0.25, -0.2) is 19.6 Å². The Labute approximate surface area is 195 Å². The van der Waals surface area contributed by atoms with Gasteiger partial charge in [0.1, 0.15) is 11.7 Å². The van der Waals surface area contributed by atoms with Gasteiger partial charge < -0.3 is 5.32 Å². The maximum absolute atomic E-state index is 12.9. The number of alkyl halides is 3. The third kappa shape index (κ3) is 5.60. The maximum atomic E-state index is 12.9. The minimum Gasteiger partial charge on any atom is -0.354 e. The van der Waals surface area contributed by atoms with Gasteiger partial charge in [-0.05, 0) is 23.8 Å². The number of amides is 1. The summed E-state index contributed by atoms with van der Waals surface area (Å²) >= 11 is 1.21. The SMILES string of the molecule is O=C(CSc1ncccn1)NCCn1ncc2c(=O)n(Cc3cccc(C(F)(F)F)c3)cnc21. The van der Waals surface area contributed by atoms with E-state index in [1.165, 1.54) is 45.7 Å². The van der Waals surface area contributed by atoms with E-state index in [0.717, 1.165) is 12.1 Å². The molecule has 0 fully saturated rings. The second-order valence-electron chi connectivity index (χ2n) is 7.15. The molecule has 176 valence electrons. The molecular formula is C21H18F3N7O2S. The molecule has 4 aromatic rings. The molecule has 4 rings (SSSR count). The first-order valence-electron chi connectivity index (χ1n) is 10.0. The van der Waals surface area contributed by atoms with Crippen LogP contribution in [0, 0.1) is 0 Å². The van der Waals surface area contributed by atoms with Crippen molar-refractivity contribution in [2.45, 2.75) is 24.4 Å². The van der Waals surface area contributed by atoms with Gasteiger partial charge in [0.15, 0.2) is 10.8 Å². The maximum Gasteiger partial charge on any atom is 0.416 e. The number of hydrogen-bond donors (Lipinski definition) is 1. The monoisotopic (exact) mass is 489 g/mol. The van der Waals surface area contributed by atoms with Crippen molar-refractivity contribution in [3.63, 3.8) is 0 Å². The number of halogens is 3. The zero-order chi connectivity index (χ0) is 24.1. The summed E-state index contributed by atoms with van der Waals surface area (Å²) in [6, 6.07) is 6.48. The summed E-state index contributed by atoms with van der Waals surface area (Å²) < 4.78 is 41.6. The van der Waals surface area contributed by atoms with Crippen LogP contribution in [-0.4, -0.2) is 47.5 Å². The first kappa shape index (κ1) is 23.4. The zero-order valence-corrected chi connectivity index (χ0v) is 18.4. The number of carbonyl (C=O) groups excluding carboxylic acids is 1. The van der Waals surface area contributed by atoms with Crippen molar-refractivity contribution in [1.82, 2.24) is 34.6 Å². The molecule has 34 heavy (non-hydrogen) atoms. The Hall–Kier alpha value is -3.74. The van der Waals surface area contributed by atoms with Crippen LogP contribution in [0.4, 0.5) is 13.2 Å². The van der Waals surface area contributed by atoms with E-state index in [9.17, 15) is 22.8 Å². The third-order valence-corrected chi connectivity index (χ3v) is 5.63. The molecule has 0 aliphatic rings. The lowest BCUT2D eigenvalue weighted by Gasteiger charge is -2.10. The van der Waals surface area contributed by atoms with Gasteiger partial charge in [0.25, 0.3) is 5.56 Å². The Bertz CT molecular complexity index is 1360.